The predicted octanol–water partition coefficient (Wildman–Crippen LogP) is 2.62. The van der Waals surface area contributed by atoms with Gasteiger partial charge in [0.2, 0.25) is 0 Å². The van der Waals surface area contributed by atoms with Crippen LogP contribution in [0.5, 0.6) is 0 Å². The number of fused-ring (bicyclic) bond motifs is 2. The molecule has 3 atom stereocenters. The standard InChI is InChI=1S/C18H22N4O.ClH/c1-21-11-3-4-12(21)6-10(5-11)13-7-15-17-14(18(13)23)8-19-9-16(17)22(2)20-15;/h8-13H,3-7H2,1-2H3;1H. The summed E-state index contributed by atoms with van der Waals surface area (Å²) in [7, 11) is 4.20. The fourth-order valence-electron chi connectivity index (χ4n) is 5.28. The van der Waals surface area contributed by atoms with E-state index in [2.05, 4.69) is 22.0 Å². The van der Waals surface area contributed by atoms with Crippen molar-refractivity contribution in [2.75, 3.05) is 7.05 Å². The number of piperidine rings is 1. The highest BCUT2D eigenvalue weighted by Gasteiger charge is 2.44. The Morgan fingerprint density at radius 1 is 1.12 bits per heavy atom. The minimum Gasteiger partial charge on any atom is -0.300 e. The molecule has 1 aliphatic carbocycles. The van der Waals surface area contributed by atoms with Gasteiger partial charge in [-0.05, 0) is 38.6 Å². The average Bonchev–Trinajstić information content (AvgIpc) is 2.95. The summed E-state index contributed by atoms with van der Waals surface area (Å²) in [5, 5.41) is 5.72. The monoisotopic (exact) mass is 346 g/mol. The molecule has 3 aliphatic rings. The fraction of sp³-hybridized carbons (Fsp3) is 0.611. The third-order valence-electron chi connectivity index (χ3n) is 6.55. The van der Waals surface area contributed by atoms with Gasteiger partial charge in [0.1, 0.15) is 0 Å². The number of carbonyl (C=O) groups excluding carboxylic acids is 1. The van der Waals surface area contributed by atoms with E-state index in [4.69, 9.17) is 0 Å². The number of pyridine rings is 1. The third-order valence-corrected chi connectivity index (χ3v) is 6.55. The van der Waals surface area contributed by atoms with Gasteiger partial charge >= 0.3 is 0 Å². The number of rotatable bonds is 1. The molecule has 2 aromatic heterocycles. The first-order chi connectivity index (χ1) is 11.1. The third kappa shape index (κ3) is 2.07. The summed E-state index contributed by atoms with van der Waals surface area (Å²) >= 11 is 0. The van der Waals surface area contributed by atoms with Crippen molar-refractivity contribution in [2.24, 2.45) is 18.9 Å². The average molecular weight is 347 g/mol. The molecule has 0 aromatic carbocycles. The number of aromatic nitrogens is 3. The van der Waals surface area contributed by atoms with Crippen molar-refractivity contribution >= 4 is 29.1 Å². The van der Waals surface area contributed by atoms with Crippen LogP contribution in [0.4, 0.5) is 0 Å². The predicted molar refractivity (Wildman–Crippen MR) is 94.6 cm³/mol. The molecule has 0 spiro atoms. The lowest BCUT2D eigenvalue weighted by Crippen LogP contribution is -2.44. The van der Waals surface area contributed by atoms with Gasteiger partial charge in [-0.15, -0.1) is 12.4 Å². The van der Waals surface area contributed by atoms with Gasteiger partial charge < -0.3 is 4.90 Å². The van der Waals surface area contributed by atoms with Gasteiger partial charge in [0.05, 0.1) is 17.4 Å². The van der Waals surface area contributed by atoms with Gasteiger partial charge in [0.25, 0.3) is 0 Å². The molecule has 5 nitrogen and oxygen atoms in total. The summed E-state index contributed by atoms with van der Waals surface area (Å²) in [4.78, 5) is 20.0. The maximum Gasteiger partial charge on any atom is 0.168 e. The van der Waals surface area contributed by atoms with Gasteiger partial charge in [-0.2, -0.15) is 5.10 Å². The number of nitrogens with zero attached hydrogens (tertiary/aromatic N) is 4. The molecule has 6 heteroatoms. The normalized spacial score (nSPS) is 32.2. The Morgan fingerprint density at radius 2 is 1.83 bits per heavy atom. The molecule has 0 radical (unpaired) electrons. The Labute approximate surface area is 147 Å². The summed E-state index contributed by atoms with van der Waals surface area (Å²) < 4.78 is 1.87. The second-order valence-corrected chi connectivity index (χ2v) is 7.61. The second kappa shape index (κ2) is 5.53. The van der Waals surface area contributed by atoms with Crippen LogP contribution in [0.25, 0.3) is 10.9 Å². The summed E-state index contributed by atoms with van der Waals surface area (Å²) in [5.74, 6) is 0.903. The maximum absolute atomic E-state index is 13.1. The van der Waals surface area contributed by atoms with Crippen LogP contribution in [0.15, 0.2) is 12.4 Å². The van der Waals surface area contributed by atoms with Crippen LogP contribution >= 0.6 is 12.4 Å². The number of hydrogen-bond acceptors (Lipinski definition) is 4. The first kappa shape index (κ1) is 16.0. The molecule has 2 bridgehead atoms. The minimum absolute atomic E-state index is 0. The highest BCUT2D eigenvalue weighted by atomic mass is 35.5. The number of ketones is 1. The van der Waals surface area contributed by atoms with E-state index in [0.29, 0.717) is 23.8 Å². The molecule has 0 amide bonds. The summed E-state index contributed by atoms with van der Waals surface area (Å²) in [5.41, 5.74) is 2.87. The lowest BCUT2D eigenvalue weighted by Gasteiger charge is -2.40. The Kier molecular flexibility index (Phi) is 3.69. The van der Waals surface area contributed by atoms with Crippen molar-refractivity contribution in [1.29, 1.82) is 0 Å². The lowest BCUT2D eigenvalue weighted by atomic mass is 9.72. The van der Waals surface area contributed by atoms with Gasteiger partial charge in [0.15, 0.2) is 5.78 Å². The van der Waals surface area contributed by atoms with Crippen molar-refractivity contribution in [2.45, 2.75) is 44.2 Å². The minimum atomic E-state index is 0. The molecule has 2 aliphatic heterocycles. The second-order valence-electron chi connectivity index (χ2n) is 7.61. The summed E-state index contributed by atoms with van der Waals surface area (Å²) in [6.07, 6.45) is 9.30. The molecule has 4 heterocycles. The summed E-state index contributed by atoms with van der Waals surface area (Å²) in [6.45, 7) is 0. The number of hydrogen-bond donors (Lipinski definition) is 0. The first-order valence-corrected chi connectivity index (χ1v) is 8.69. The molecule has 24 heavy (non-hydrogen) atoms. The fourth-order valence-corrected chi connectivity index (χ4v) is 5.28. The van der Waals surface area contributed by atoms with Crippen LogP contribution in [0.1, 0.15) is 41.7 Å². The van der Waals surface area contributed by atoms with E-state index < -0.39 is 0 Å². The van der Waals surface area contributed by atoms with E-state index in [1.54, 1.807) is 6.20 Å². The van der Waals surface area contributed by atoms with Crippen LogP contribution in [0, 0.1) is 11.8 Å². The molecule has 0 saturated carbocycles. The molecule has 128 valence electrons. The Morgan fingerprint density at radius 3 is 2.54 bits per heavy atom. The topological polar surface area (TPSA) is 51.0 Å². The zero-order valence-electron chi connectivity index (χ0n) is 14.1. The number of halogens is 1. The largest absolute Gasteiger partial charge is 0.300 e. The van der Waals surface area contributed by atoms with Crippen molar-refractivity contribution < 1.29 is 4.79 Å². The van der Waals surface area contributed by atoms with E-state index in [9.17, 15) is 4.79 Å². The molecule has 2 fully saturated rings. The zero-order valence-corrected chi connectivity index (χ0v) is 14.9. The SMILES string of the molecule is CN1C2CCC1CC(C1Cc3nn(C)c4cncc(c34)C1=O)C2.Cl. The van der Waals surface area contributed by atoms with Crippen LogP contribution in [0.2, 0.25) is 0 Å². The Hall–Kier alpha value is -1.46. The lowest BCUT2D eigenvalue weighted by molar-refractivity contribution is 0.0703. The van der Waals surface area contributed by atoms with Crippen LogP contribution in [0.3, 0.4) is 0 Å². The van der Waals surface area contributed by atoms with E-state index in [0.717, 1.165) is 41.4 Å². The molecular formula is C18H23ClN4O. The van der Waals surface area contributed by atoms with Crippen LogP contribution in [-0.4, -0.2) is 44.6 Å². The molecule has 3 unspecified atom stereocenters. The van der Waals surface area contributed by atoms with Crippen molar-refractivity contribution in [3.63, 3.8) is 0 Å². The van der Waals surface area contributed by atoms with E-state index in [1.807, 2.05) is 17.9 Å². The molecule has 2 saturated heterocycles. The van der Waals surface area contributed by atoms with E-state index in [-0.39, 0.29) is 18.3 Å². The first-order valence-electron chi connectivity index (χ1n) is 8.69. The highest BCUT2D eigenvalue weighted by molar-refractivity contribution is 6.11. The quantitative estimate of drug-likeness (QED) is 0.796. The van der Waals surface area contributed by atoms with Crippen LogP contribution < -0.4 is 0 Å². The Bertz CT molecular complexity index is 803. The summed E-state index contributed by atoms with van der Waals surface area (Å²) in [6, 6.07) is 1.34. The number of Topliss-reactive ketones (excluding diaryl/α,β-unsaturated/α-hetero) is 1. The van der Waals surface area contributed by atoms with E-state index in [1.165, 1.54) is 12.8 Å². The van der Waals surface area contributed by atoms with Crippen molar-refractivity contribution in [1.82, 2.24) is 19.7 Å². The van der Waals surface area contributed by atoms with Gasteiger partial charge in [-0.1, -0.05) is 0 Å². The van der Waals surface area contributed by atoms with Gasteiger partial charge in [-0.25, -0.2) is 0 Å². The zero-order chi connectivity index (χ0) is 15.7. The molecule has 0 N–H and O–H groups in total. The Balaban J connectivity index is 0.00000146. The number of carbonyl (C=O) groups is 1. The van der Waals surface area contributed by atoms with Gasteiger partial charge in [-0.3, -0.25) is 14.5 Å². The highest BCUT2D eigenvalue weighted by Crippen LogP contribution is 2.44. The molecular weight excluding hydrogens is 324 g/mol. The van der Waals surface area contributed by atoms with Crippen LogP contribution in [-0.2, 0) is 13.5 Å². The molecule has 2 aromatic rings. The maximum atomic E-state index is 13.1. The van der Waals surface area contributed by atoms with Gasteiger partial charge in [0, 0.05) is 48.6 Å². The number of aryl methyl sites for hydroxylation is 1. The molecule has 5 rings (SSSR count). The van der Waals surface area contributed by atoms with Crippen molar-refractivity contribution in [3.05, 3.63) is 23.7 Å². The smallest absolute Gasteiger partial charge is 0.168 e. The van der Waals surface area contributed by atoms with Crippen molar-refractivity contribution in [3.8, 4) is 0 Å². The van der Waals surface area contributed by atoms with E-state index >= 15 is 0 Å².